The Balaban J connectivity index is 0.000000203. The fraction of sp³-hybridized carbons (Fsp3) is 0.357. The summed E-state index contributed by atoms with van der Waals surface area (Å²) in [7, 11) is 5.32. The first-order valence-electron chi connectivity index (χ1n) is 39.8. The van der Waals surface area contributed by atoms with Crippen LogP contribution < -0.4 is 90.6 Å². The van der Waals surface area contributed by atoms with E-state index in [4.69, 9.17) is 58.5 Å². The zero-order valence-electron chi connectivity index (χ0n) is 71.3. The number of nitrogens with one attached hydrogen (secondary N) is 7. The van der Waals surface area contributed by atoms with Crippen molar-refractivity contribution in [3.8, 4) is 23.5 Å². The first-order valence-corrected chi connectivity index (χ1v) is 39.8. The van der Waals surface area contributed by atoms with Crippen LogP contribution in [0, 0.1) is 23.7 Å². The van der Waals surface area contributed by atoms with Crippen LogP contribution in [0.4, 0.5) is 46.0 Å². The van der Waals surface area contributed by atoms with Crippen LogP contribution in [0.5, 0.6) is 23.5 Å². The summed E-state index contributed by atoms with van der Waals surface area (Å²) in [4.78, 5) is 204. The number of nitrogens with two attached hydrogens (primary N) is 6. The number of anilines is 8. The number of nitrogens with zero attached hydrogens (tertiary/aromatic N) is 11. The van der Waals surface area contributed by atoms with Crippen molar-refractivity contribution in [1.82, 2.24) is 59.9 Å². The highest BCUT2D eigenvalue weighted by Gasteiger charge is 2.39. The largest absolute Gasteiger partial charge is 0.480 e. The van der Waals surface area contributed by atoms with Crippen LogP contribution in [-0.4, -0.2) is 197 Å². The fourth-order valence-corrected chi connectivity index (χ4v) is 14.0. The van der Waals surface area contributed by atoms with E-state index in [1.807, 2.05) is 44.4 Å². The molecule has 13 amide bonds. The molecule has 12 heterocycles. The normalized spacial score (nSPS) is 17.9. The van der Waals surface area contributed by atoms with Crippen LogP contribution >= 0.6 is 0 Å². The zero-order valence-corrected chi connectivity index (χ0v) is 71.3. The first kappa shape index (κ1) is 97.0. The second-order valence-corrected chi connectivity index (χ2v) is 30.2. The Bertz CT molecular complexity index is 5160. The molecule has 8 aromatic heterocycles. The number of nitrogen functional groups attached to an aromatic ring is 2. The summed E-state index contributed by atoms with van der Waals surface area (Å²) >= 11 is 0. The molecule has 4 saturated heterocycles. The number of hydrogen-bond acceptors (Lipinski definition) is 29. The van der Waals surface area contributed by atoms with Crippen molar-refractivity contribution in [2.24, 2.45) is 46.6 Å². The molecule has 43 nitrogen and oxygen atoms in total. The number of carbonyl (C=O) groups is 14. The number of carboxylic acid groups (broad SMARTS) is 1. The van der Waals surface area contributed by atoms with Crippen molar-refractivity contribution >= 4 is 129 Å². The summed E-state index contributed by atoms with van der Waals surface area (Å²) in [5, 5.41) is 26.6. The fourth-order valence-electron chi connectivity index (χ4n) is 14.0. The van der Waals surface area contributed by atoms with Crippen LogP contribution in [0.1, 0.15) is 181 Å². The van der Waals surface area contributed by atoms with Gasteiger partial charge in [-0.05, 0) is 152 Å². The highest BCUT2D eigenvalue weighted by atomic mass is 16.5. The van der Waals surface area contributed by atoms with E-state index in [0.29, 0.717) is 68.2 Å². The first-order chi connectivity index (χ1) is 60.4. The lowest BCUT2D eigenvalue weighted by atomic mass is 9.90. The predicted octanol–water partition coefficient (Wildman–Crippen LogP) is 5.00. The van der Waals surface area contributed by atoms with Gasteiger partial charge < -0.3 is 110 Å². The summed E-state index contributed by atoms with van der Waals surface area (Å²) in [6, 6.07) is 18.9. The molecule has 672 valence electrons. The van der Waals surface area contributed by atoms with Crippen molar-refractivity contribution < 1.29 is 91.2 Å². The van der Waals surface area contributed by atoms with E-state index in [1.165, 1.54) is 113 Å². The second kappa shape index (κ2) is 45.6. The van der Waals surface area contributed by atoms with Crippen LogP contribution in [-0.2, 0) is 47.9 Å². The Hall–Kier alpha value is -15.5. The third kappa shape index (κ3) is 27.5. The van der Waals surface area contributed by atoms with E-state index in [2.05, 4.69) is 84.8 Å². The Morgan fingerprint density at radius 3 is 0.890 bits per heavy atom. The standard InChI is InChI=1S/2C22H26N6O5.C20H24N6O4.C11H17N3.C9H9N3O5/c2*1-12-4-6-17(14-5-7-18(24-9-14)26-13(2)29)28(11-12)22(32)20(31)27-15-8-16(19(23)30)21(33-3)25-10-15;1-11-3-5-15(12-4-6-16(21)23-8-12)26(10-11)20(29)18(28)25-13-7-14(17(22)27)19(30-2)24-9-13;1-8-2-4-10(13-6-8)9-3-5-11(12)14-7-9;1-17-8-5(6(10)13)2-4(3-11-8)12-7(14)9(15)16/h2*5,7-10,12,17H,4,6,11H2,1-3H3,(H2,23,30)(H,27,31)(H,24,26,29);4,6-9,11,15H,3,5,10H2,1-2H3,(H2,21,23)(H2,22,27)(H,25,28);3,5,7-8,10,13H,2,4,6H2,1H3,(H2,12,14);2-3H,1H3,(H2,10,13)(H,12,14)(H,15,16)/t12-,17+;;;;/m1..../s1. The van der Waals surface area contributed by atoms with Gasteiger partial charge in [0.05, 0.1) is 94.1 Å². The third-order valence-electron chi connectivity index (χ3n) is 20.3. The van der Waals surface area contributed by atoms with Crippen LogP contribution in [0.15, 0.2) is 122 Å². The molecule has 0 radical (unpaired) electrons. The van der Waals surface area contributed by atoms with Gasteiger partial charge in [-0.25, -0.2) is 44.7 Å². The molecule has 0 aliphatic carbocycles. The minimum atomic E-state index is -1.65. The molecule has 0 saturated carbocycles. The van der Waals surface area contributed by atoms with Crippen molar-refractivity contribution in [1.29, 1.82) is 0 Å². The van der Waals surface area contributed by atoms with E-state index in [1.54, 1.807) is 53.8 Å². The maximum atomic E-state index is 13.1. The van der Waals surface area contributed by atoms with Crippen molar-refractivity contribution in [3.05, 3.63) is 167 Å². The Morgan fingerprint density at radius 1 is 0.362 bits per heavy atom. The maximum Gasteiger partial charge on any atom is 0.394 e. The molecular weight excluding hydrogens is 1650 g/mol. The monoisotopic (exact) mass is 1750 g/mol. The molecule has 8 atom stereocenters. The Labute approximate surface area is 728 Å². The van der Waals surface area contributed by atoms with Crippen LogP contribution in [0.2, 0.25) is 0 Å². The molecule has 12 rings (SSSR count). The number of primary amides is 4. The lowest BCUT2D eigenvalue weighted by Crippen LogP contribution is -2.46. The van der Waals surface area contributed by atoms with Crippen LogP contribution in [0.3, 0.4) is 0 Å². The number of likely N-dealkylation sites (tertiary alicyclic amines) is 3. The number of aliphatic carboxylic acids is 1. The molecule has 8 aromatic rings. The van der Waals surface area contributed by atoms with Crippen LogP contribution in [0.25, 0.3) is 0 Å². The van der Waals surface area contributed by atoms with Crippen molar-refractivity contribution in [2.45, 2.75) is 117 Å². The summed E-state index contributed by atoms with van der Waals surface area (Å²) < 4.78 is 19.7. The van der Waals surface area contributed by atoms with E-state index < -0.39 is 70.9 Å². The number of hydrogen-bond donors (Lipinski definition) is 14. The molecule has 20 N–H and O–H groups in total. The number of ether oxygens (including phenoxy) is 4. The SMILES string of the molecule is CC1CCC(c2ccc(N)nc2)NC1.COc1ncc(NC(=O)C(=O)N2CC(C)CCC2c2ccc(N)nc2)cc1C(N)=O.COc1ncc(NC(=O)C(=O)N2CC(C)CCC2c2ccc(NC(C)=O)nc2)cc1C(N)=O.COc1ncc(NC(=O)C(=O)N2C[C@H](C)CC[C@H]2c2ccc(NC(C)=O)nc2)cc1C(N)=O.COc1ncc(NC(=O)C(=O)O)cc1C(N)=O. The van der Waals surface area contributed by atoms with Gasteiger partial charge in [0.25, 0.3) is 23.6 Å². The number of methoxy groups -OCH3 is 4. The van der Waals surface area contributed by atoms with Gasteiger partial charge in [0, 0.05) is 64.3 Å². The molecule has 4 fully saturated rings. The number of pyridine rings is 8. The van der Waals surface area contributed by atoms with Gasteiger partial charge in [-0.2, -0.15) is 0 Å². The molecule has 6 unspecified atom stereocenters. The molecule has 0 bridgehead atoms. The van der Waals surface area contributed by atoms with Gasteiger partial charge >= 0.3 is 47.3 Å². The third-order valence-corrected chi connectivity index (χ3v) is 20.3. The summed E-state index contributed by atoms with van der Waals surface area (Å²) in [5.74, 6) is -7.80. The summed E-state index contributed by atoms with van der Waals surface area (Å²) in [6.45, 7) is 13.5. The topological polar surface area (TPSA) is 649 Å². The lowest BCUT2D eigenvalue weighted by Gasteiger charge is -2.38. The van der Waals surface area contributed by atoms with Gasteiger partial charge in [-0.15, -0.1) is 0 Å². The quantitative estimate of drug-likeness (QED) is 0.0502. The number of carboxylic acids is 1. The van der Waals surface area contributed by atoms with E-state index in [0.717, 1.165) is 54.6 Å². The molecule has 0 aromatic carbocycles. The highest BCUT2D eigenvalue weighted by molar-refractivity contribution is 6.41. The van der Waals surface area contributed by atoms with Crippen molar-refractivity contribution in [3.63, 3.8) is 0 Å². The number of rotatable bonds is 18. The minimum Gasteiger partial charge on any atom is -0.480 e. The van der Waals surface area contributed by atoms with Gasteiger partial charge in [0.15, 0.2) is 0 Å². The van der Waals surface area contributed by atoms with E-state index in [-0.39, 0.29) is 116 Å². The average molecular weight is 1750 g/mol. The van der Waals surface area contributed by atoms with Gasteiger partial charge in [0.1, 0.15) is 45.5 Å². The minimum absolute atomic E-state index is 0.000156. The van der Waals surface area contributed by atoms with E-state index in [9.17, 15) is 67.1 Å². The van der Waals surface area contributed by atoms with Crippen molar-refractivity contribution in [2.75, 3.05) is 98.0 Å². The molecule has 127 heavy (non-hydrogen) atoms. The number of carbonyl (C=O) groups excluding carboxylic acids is 13. The van der Waals surface area contributed by atoms with Gasteiger partial charge in [-0.3, -0.25) is 62.3 Å². The van der Waals surface area contributed by atoms with Gasteiger partial charge in [0.2, 0.25) is 35.3 Å². The highest BCUT2D eigenvalue weighted by Crippen LogP contribution is 2.38. The van der Waals surface area contributed by atoms with E-state index >= 15 is 0 Å². The molecule has 4 aliphatic rings. The summed E-state index contributed by atoms with van der Waals surface area (Å²) in [5.41, 5.74) is 36.2. The van der Waals surface area contributed by atoms with Gasteiger partial charge in [-0.1, -0.05) is 52.0 Å². The molecule has 0 spiro atoms. The molecule has 4 aliphatic heterocycles. The predicted molar refractivity (Wildman–Crippen MR) is 461 cm³/mol. The lowest BCUT2D eigenvalue weighted by molar-refractivity contribution is -0.147. The number of piperidine rings is 4. The Morgan fingerprint density at radius 2 is 0.646 bits per heavy atom. The number of aromatic nitrogens is 8. The zero-order chi connectivity index (χ0) is 93.0. The second-order valence-electron chi connectivity index (χ2n) is 30.2. The molecular formula is C84H102N24O19. The number of amides is 13. The summed E-state index contributed by atoms with van der Waals surface area (Å²) in [6.07, 6.45) is 18.9. The molecule has 43 heteroatoms. The maximum absolute atomic E-state index is 13.1. The Kier molecular flexibility index (Phi) is 34.8. The smallest absolute Gasteiger partial charge is 0.394 e. The average Bonchev–Trinajstić information content (AvgIpc) is 0.806.